The molecule has 13 nitrogen and oxygen atoms in total. The van der Waals surface area contributed by atoms with Gasteiger partial charge in [-0.25, -0.2) is 4.99 Å². The Labute approximate surface area is 179 Å². The average molecular weight is 447 g/mol. The maximum absolute atomic E-state index is 12.7. The first kappa shape index (κ1) is 24.1. The Hall–Kier alpha value is -1.58. The minimum absolute atomic E-state index is 0.00464. The van der Waals surface area contributed by atoms with Gasteiger partial charge >= 0.3 is 0 Å². The molecule has 0 aromatic heterocycles. The monoisotopic (exact) mass is 447 g/mol. The van der Waals surface area contributed by atoms with E-state index in [-0.39, 0.29) is 31.8 Å². The molecule has 0 bridgehead atoms. The zero-order valence-corrected chi connectivity index (χ0v) is 17.5. The van der Waals surface area contributed by atoms with Gasteiger partial charge in [-0.05, 0) is 13.3 Å². The molecule has 13 heteroatoms. The molecule has 3 rings (SSSR count). The van der Waals surface area contributed by atoms with Crippen LogP contribution in [0.15, 0.2) is 4.99 Å². The fraction of sp³-hybridized carbons (Fsp3) is 0.889. The van der Waals surface area contributed by atoms with Crippen molar-refractivity contribution in [2.75, 3.05) is 13.7 Å². The van der Waals surface area contributed by atoms with Gasteiger partial charge in [0.05, 0.1) is 24.3 Å². The number of aliphatic hydroxyl groups excluding tert-OH is 2. The molecule has 1 heterocycles. The van der Waals surface area contributed by atoms with Crippen LogP contribution in [0, 0.1) is 0 Å². The lowest BCUT2D eigenvalue weighted by molar-refractivity contribution is -0.290. The summed E-state index contributed by atoms with van der Waals surface area (Å²) in [7, 11) is 1.39. The number of nitrogens with zero attached hydrogens (tertiary/aromatic N) is 1. The van der Waals surface area contributed by atoms with Crippen LogP contribution in [0.4, 0.5) is 0 Å². The predicted octanol–water partition coefficient (Wildman–Crippen LogP) is -4.40. The Bertz CT molecular complexity index is 704. The highest BCUT2D eigenvalue weighted by Gasteiger charge is 2.61. The third-order valence-corrected chi connectivity index (χ3v) is 6.01. The summed E-state index contributed by atoms with van der Waals surface area (Å²) in [6, 6.07) is -2.23. The summed E-state index contributed by atoms with van der Waals surface area (Å²) in [5.74, 6) is -0.975. The lowest BCUT2D eigenvalue weighted by atomic mass is 9.83. The van der Waals surface area contributed by atoms with Gasteiger partial charge in [0.25, 0.3) is 5.91 Å². The van der Waals surface area contributed by atoms with Gasteiger partial charge in [-0.3, -0.25) is 4.79 Å². The molecule has 1 saturated heterocycles. The van der Waals surface area contributed by atoms with Crippen LogP contribution in [0.1, 0.15) is 26.2 Å². The summed E-state index contributed by atoms with van der Waals surface area (Å²) in [4.78, 5) is 16.5. The first-order valence-corrected chi connectivity index (χ1v) is 10.1. The van der Waals surface area contributed by atoms with Crippen molar-refractivity contribution in [3.05, 3.63) is 0 Å². The number of ether oxygens (including phenoxy) is 3. The summed E-state index contributed by atoms with van der Waals surface area (Å²) < 4.78 is 16.6. The lowest BCUT2D eigenvalue weighted by Gasteiger charge is -2.46. The van der Waals surface area contributed by atoms with E-state index in [0.29, 0.717) is 0 Å². The van der Waals surface area contributed by atoms with Crippen molar-refractivity contribution in [3.63, 3.8) is 0 Å². The van der Waals surface area contributed by atoms with Gasteiger partial charge in [-0.15, -0.1) is 0 Å². The zero-order valence-electron chi connectivity index (χ0n) is 17.5. The van der Waals surface area contributed by atoms with E-state index in [2.05, 4.69) is 10.3 Å². The van der Waals surface area contributed by atoms with Crippen molar-refractivity contribution in [3.8, 4) is 0 Å². The summed E-state index contributed by atoms with van der Waals surface area (Å²) in [5, 5.41) is 44.3. The highest BCUT2D eigenvalue weighted by atomic mass is 16.7. The Morgan fingerprint density at radius 1 is 1.23 bits per heavy atom. The van der Waals surface area contributed by atoms with Gasteiger partial charge < -0.3 is 57.2 Å². The SMILES string of the molecule is CO[C@@H]1C(N)CC(NC(=O)C2(O)CC2N=C(N)N)[C@H](OC2OC[C@](C)(O)CC2O)C1O. The van der Waals surface area contributed by atoms with Crippen LogP contribution in [0.2, 0.25) is 0 Å². The van der Waals surface area contributed by atoms with Crippen LogP contribution in [-0.4, -0.2) is 106 Å². The molecule has 31 heavy (non-hydrogen) atoms. The third-order valence-electron chi connectivity index (χ3n) is 6.01. The van der Waals surface area contributed by atoms with Crippen LogP contribution >= 0.6 is 0 Å². The number of guanidine groups is 1. The Morgan fingerprint density at radius 3 is 2.48 bits per heavy atom. The molecule has 0 aromatic carbocycles. The fourth-order valence-electron chi connectivity index (χ4n) is 4.24. The average Bonchev–Trinajstić information content (AvgIpc) is 3.29. The van der Waals surface area contributed by atoms with Crippen LogP contribution in [0.25, 0.3) is 0 Å². The van der Waals surface area contributed by atoms with E-state index in [4.69, 9.17) is 31.4 Å². The molecule has 3 aliphatic rings. The van der Waals surface area contributed by atoms with Gasteiger partial charge in [-0.2, -0.15) is 0 Å². The van der Waals surface area contributed by atoms with Gasteiger partial charge in [0.2, 0.25) is 0 Å². The number of methoxy groups -OCH3 is 1. The van der Waals surface area contributed by atoms with E-state index < -0.39 is 65.9 Å². The second-order valence-corrected chi connectivity index (χ2v) is 8.92. The number of hydrogen-bond acceptors (Lipinski definition) is 10. The number of nitrogens with two attached hydrogens (primary N) is 3. The summed E-state index contributed by atoms with van der Waals surface area (Å²) in [6.07, 6.45) is -5.23. The van der Waals surface area contributed by atoms with Gasteiger partial charge in [-0.1, -0.05) is 0 Å². The normalized spacial score (nSPS) is 47.5. The van der Waals surface area contributed by atoms with Crippen molar-refractivity contribution in [1.82, 2.24) is 5.32 Å². The Kier molecular flexibility index (Phi) is 6.79. The van der Waals surface area contributed by atoms with Gasteiger partial charge in [0.15, 0.2) is 17.9 Å². The number of hydrogen-bond donors (Lipinski definition) is 8. The molecule has 7 unspecified atom stereocenters. The minimum atomic E-state index is -1.78. The smallest absolute Gasteiger partial charge is 0.254 e. The van der Waals surface area contributed by atoms with E-state index in [1.807, 2.05) is 0 Å². The first-order valence-electron chi connectivity index (χ1n) is 10.1. The minimum Gasteiger partial charge on any atom is -0.388 e. The third kappa shape index (κ3) is 5.09. The molecule has 0 aromatic rings. The lowest BCUT2D eigenvalue weighted by Crippen LogP contribution is -2.66. The molecule has 178 valence electrons. The zero-order chi connectivity index (χ0) is 23.1. The molecule has 0 radical (unpaired) electrons. The fourth-order valence-corrected chi connectivity index (χ4v) is 4.24. The standard InChI is InChI=1S/C18H33N5O8/c1-17(27)4-9(24)14(30-6-17)31-13-8(3-7(19)12(29-2)11(13)25)22-15(26)18(28)5-10(18)23-16(20)21/h7-14,24-25,27-28H,3-6,19H2,1-2H3,(H,22,26)(H4,20,21,23)/t7?,8?,9?,10?,11?,12-,13+,14?,17-,18?/m1/s1. The van der Waals surface area contributed by atoms with Crippen molar-refractivity contribution in [2.24, 2.45) is 22.2 Å². The molecule has 2 saturated carbocycles. The van der Waals surface area contributed by atoms with E-state index in [1.165, 1.54) is 14.0 Å². The number of aliphatic hydroxyl groups is 4. The number of nitrogens with one attached hydrogen (secondary N) is 1. The number of rotatable bonds is 6. The molecule has 10 atom stereocenters. The van der Waals surface area contributed by atoms with Crippen molar-refractivity contribution in [1.29, 1.82) is 0 Å². The molecule has 3 fully saturated rings. The molecular weight excluding hydrogens is 414 g/mol. The molecule has 1 amide bonds. The second-order valence-electron chi connectivity index (χ2n) is 8.92. The number of aliphatic imine (C=N–C) groups is 1. The molecule has 11 N–H and O–H groups in total. The van der Waals surface area contributed by atoms with E-state index >= 15 is 0 Å². The molecule has 0 spiro atoms. The van der Waals surface area contributed by atoms with Crippen molar-refractivity contribution >= 4 is 11.9 Å². The van der Waals surface area contributed by atoms with E-state index in [1.54, 1.807) is 0 Å². The second kappa shape index (κ2) is 8.75. The van der Waals surface area contributed by atoms with Gasteiger partial charge in [0.1, 0.15) is 24.4 Å². The van der Waals surface area contributed by atoms with Crippen LogP contribution in [-0.2, 0) is 19.0 Å². The van der Waals surface area contributed by atoms with Crippen molar-refractivity contribution < 1.29 is 39.4 Å². The van der Waals surface area contributed by atoms with E-state index in [0.717, 1.165) is 0 Å². The quantitative estimate of drug-likeness (QED) is 0.143. The van der Waals surface area contributed by atoms with Crippen LogP contribution in [0.3, 0.4) is 0 Å². The Morgan fingerprint density at radius 2 is 1.90 bits per heavy atom. The predicted molar refractivity (Wildman–Crippen MR) is 106 cm³/mol. The Balaban J connectivity index is 1.73. The number of amides is 1. The highest BCUT2D eigenvalue weighted by molar-refractivity contribution is 5.90. The summed E-state index contributed by atoms with van der Waals surface area (Å²) >= 11 is 0. The first-order chi connectivity index (χ1) is 14.4. The topological polar surface area (TPSA) is 228 Å². The highest BCUT2D eigenvalue weighted by Crippen LogP contribution is 2.40. The van der Waals surface area contributed by atoms with Crippen LogP contribution in [0.5, 0.6) is 0 Å². The summed E-state index contributed by atoms with van der Waals surface area (Å²) in [6.45, 7) is 1.44. The summed E-state index contributed by atoms with van der Waals surface area (Å²) in [5.41, 5.74) is 13.7. The molecular formula is C18H33N5O8. The van der Waals surface area contributed by atoms with Crippen molar-refractivity contribution in [2.45, 2.75) is 86.2 Å². The number of carbonyl (C=O) groups is 1. The largest absolute Gasteiger partial charge is 0.388 e. The maximum atomic E-state index is 12.7. The molecule has 1 aliphatic heterocycles. The molecule has 2 aliphatic carbocycles. The van der Waals surface area contributed by atoms with E-state index in [9.17, 15) is 25.2 Å². The van der Waals surface area contributed by atoms with Gasteiger partial charge in [0, 0.05) is 26.0 Å². The number of carbonyl (C=O) groups excluding carboxylic acids is 1. The van der Waals surface area contributed by atoms with Crippen LogP contribution < -0.4 is 22.5 Å². The maximum Gasteiger partial charge on any atom is 0.254 e.